The number of ketones is 1. The predicted octanol–water partition coefficient (Wildman–Crippen LogP) is 4.82. The number of sulfone groups is 1. The van der Waals surface area contributed by atoms with Gasteiger partial charge in [0.1, 0.15) is 10.6 Å². The number of carbonyl (C=O) groups is 1. The second-order valence-electron chi connectivity index (χ2n) is 7.81. The van der Waals surface area contributed by atoms with Gasteiger partial charge in [-0.15, -0.1) is 0 Å². The molecule has 2 aromatic carbocycles. The van der Waals surface area contributed by atoms with E-state index in [4.69, 9.17) is 16.3 Å². The number of benzene rings is 2. The second-order valence-corrected chi connectivity index (χ2v) is 10.2. The van der Waals surface area contributed by atoms with Crippen LogP contribution in [0.2, 0.25) is 5.02 Å². The van der Waals surface area contributed by atoms with Gasteiger partial charge in [0.25, 0.3) is 0 Å². The smallest absolute Gasteiger partial charge is 0.233 e. The van der Waals surface area contributed by atoms with Crippen molar-refractivity contribution in [3.63, 3.8) is 0 Å². The Kier molecular flexibility index (Phi) is 6.49. The largest absolute Gasteiger partial charge is 0.490 e. The van der Waals surface area contributed by atoms with Crippen molar-refractivity contribution in [3.05, 3.63) is 83.4 Å². The van der Waals surface area contributed by atoms with Crippen LogP contribution in [0.25, 0.3) is 5.78 Å². The fourth-order valence-corrected chi connectivity index (χ4v) is 5.02. The molecular formula is C24H22ClN3O4S. The average molecular weight is 484 g/mol. The van der Waals surface area contributed by atoms with Crippen LogP contribution in [0.15, 0.2) is 77.0 Å². The molecule has 0 radical (unpaired) electrons. The van der Waals surface area contributed by atoms with Gasteiger partial charge in [-0.1, -0.05) is 23.7 Å². The van der Waals surface area contributed by atoms with Crippen LogP contribution < -0.4 is 4.74 Å². The zero-order chi connectivity index (χ0) is 23.6. The fourth-order valence-electron chi connectivity index (χ4n) is 3.37. The van der Waals surface area contributed by atoms with E-state index in [0.29, 0.717) is 22.8 Å². The molecule has 0 N–H and O–H groups in total. The number of hydrogen-bond acceptors (Lipinski definition) is 6. The molecule has 4 aromatic rings. The molecule has 0 spiro atoms. The standard InChI is InChI=1S/C24H22ClN3O4S/c1-16(2)32-22-10-6-19(25)13-23(22)33(30,31)20-7-3-17(4-8-20)5-9-21(29)18-14-27-24-26-11-12-28(24)15-18/h3-4,6-8,10-16H,5,9H2,1-2H3. The number of aryl methyl sites for hydroxylation is 1. The van der Waals surface area contributed by atoms with E-state index >= 15 is 0 Å². The van der Waals surface area contributed by atoms with Crippen LogP contribution in [0, 0.1) is 0 Å². The predicted molar refractivity (Wildman–Crippen MR) is 125 cm³/mol. The van der Waals surface area contributed by atoms with Gasteiger partial charge >= 0.3 is 0 Å². The van der Waals surface area contributed by atoms with E-state index in [2.05, 4.69) is 9.97 Å². The molecule has 0 saturated carbocycles. The first-order valence-corrected chi connectivity index (χ1v) is 12.2. The number of nitrogens with zero attached hydrogens (tertiary/aromatic N) is 3. The van der Waals surface area contributed by atoms with E-state index < -0.39 is 9.84 Å². The van der Waals surface area contributed by atoms with Gasteiger partial charge in [0.2, 0.25) is 15.6 Å². The number of Topliss-reactive ketones (excluding diaryl/α,β-unsaturated/α-hetero) is 1. The van der Waals surface area contributed by atoms with E-state index in [1.165, 1.54) is 24.4 Å². The summed E-state index contributed by atoms with van der Waals surface area (Å²) in [4.78, 5) is 20.9. The van der Waals surface area contributed by atoms with E-state index in [1.807, 2.05) is 13.8 Å². The van der Waals surface area contributed by atoms with E-state index in [1.54, 1.807) is 47.3 Å². The maximum absolute atomic E-state index is 13.2. The molecule has 2 heterocycles. The van der Waals surface area contributed by atoms with Gasteiger partial charge in [0, 0.05) is 36.2 Å². The highest BCUT2D eigenvalue weighted by Gasteiger charge is 2.23. The summed E-state index contributed by atoms with van der Waals surface area (Å²) in [6.45, 7) is 3.65. The lowest BCUT2D eigenvalue weighted by Crippen LogP contribution is -2.11. The molecule has 0 atom stereocenters. The van der Waals surface area contributed by atoms with Crippen LogP contribution in [0.4, 0.5) is 0 Å². The first-order valence-electron chi connectivity index (χ1n) is 10.4. The first kappa shape index (κ1) is 22.9. The van der Waals surface area contributed by atoms with Crippen molar-refractivity contribution in [2.24, 2.45) is 0 Å². The summed E-state index contributed by atoms with van der Waals surface area (Å²) >= 11 is 6.06. The third kappa shape index (κ3) is 5.07. The minimum atomic E-state index is -3.84. The average Bonchev–Trinajstić information content (AvgIpc) is 3.26. The van der Waals surface area contributed by atoms with Crippen LogP contribution >= 0.6 is 11.6 Å². The molecule has 2 aromatic heterocycles. The van der Waals surface area contributed by atoms with Crippen LogP contribution in [-0.2, 0) is 16.3 Å². The Bertz CT molecular complexity index is 1410. The van der Waals surface area contributed by atoms with Crippen molar-refractivity contribution in [2.45, 2.75) is 42.6 Å². The Hall–Kier alpha value is -3.23. The van der Waals surface area contributed by atoms with Crippen molar-refractivity contribution in [1.29, 1.82) is 0 Å². The van der Waals surface area contributed by atoms with Crippen molar-refractivity contribution in [2.75, 3.05) is 0 Å². The second kappa shape index (κ2) is 9.33. The zero-order valence-electron chi connectivity index (χ0n) is 18.1. The molecule has 9 heteroatoms. The van der Waals surface area contributed by atoms with Gasteiger partial charge in [-0.2, -0.15) is 0 Å². The SMILES string of the molecule is CC(C)Oc1ccc(Cl)cc1S(=O)(=O)c1ccc(CCC(=O)c2cnc3nccn3c2)cc1. The number of aromatic nitrogens is 3. The molecule has 0 saturated heterocycles. The maximum atomic E-state index is 13.2. The highest BCUT2D eigenvalue weighted by Crippen LogP contribution is 2.32. The van der Waals surface area contributed by atoms with Gasteiger partial charge in [-0.3, -0.25) is 9.20 Å². The van der Waals surface area contributed by atoms with Crippen LogP contribution in [0.5, 0.6) is 5.75 Å². The third-order valence-electron chi connectivity index (χ3n) is 5.00. The summed E-state index contributed by atoms with van der Waals surface area (Å²) in [6.07, 6.45) is 7.12. The summed E-state index contributed by atoms with van der Waals surface area (Å²) < 4.78 is 33.8. The molecule has 7 nitrogen and oxygen atoms in total. The molecule has 170 valence electrons. The molecule has 0 amide bonds. The molecule has 33 heavy (non-hydrogen) atoms. The summed E-state index contributed by atoms with van der Waals surface area (Å²) in [7, 11) is -3.84. The quantitative estimate of drug-likeness (QED) is 0.334. The number of ether oxygens (including phenoxy) is 1. The summed E-state index contributed by atoms with van der Waals surface area (Å²) in [6, 6.07) is 11.1. The van der Waals surface area contributed by atoms with Gasteiger partial charge in [0.15, 0.2) is 5.78 Å². The third-order valence-corrected chi connectivity index (χ3v) is 7.03. The van der Waals surface area contributed by atoms with Crippen LogP contribution in [0.3, 0.4) is 0 Å². The van der Waals surface area contributed by atoms with Gasteiger partial charge in [-0.25, -0.2) is 18.4 Å². The lowest BCUT2D eigenvalue weighted by atomic mass is 10.0. The topological polar surface area (TPSA) is 90.6 Å². The number of carbonyl (C=O) groups excluding carboxylic acids is 1. The van der Waals surface area contributed by atoms with Crippen LogP contribution in [0.1, 0.15) is 36.2 Å². The molecule has 0 fully saturated rings. The number of rotatable bonds is 8. The zero-order valence-corrected chi connectivity index (χ0v) is 19.7. The number of imidazole rings is 1. The van der Waals surface area contributed by atoms with Crippen molar-refractivity contribution >= 4 is 33.0 Å². The molecular weight excluding hydrogens is 462 g/mol. The molecule has 0 aliphatic heterocycles. The number of halogens is 1. The molecule has 0 aliphatic carbocycles. The van der Waals surface area contributed by atoms with Crippen molar-refractivity contribution in [3.8, 4) is 5.75 Å². The Balaban J connectivity index is 1.50. The number of hydrogen-bond donors (Lipinski definition) is 0. The monoisotopic (exact) mass is 483 g/mol. The van der Waals surface area contributed by atoms with E-state index in [0.717, 1.165) is 5.56 Å². The minimum absolute atomic E-state index is 0.0222. The summed E-state index contributed by atoms with van der Waals surface area (Å²) in [5, 5.41) is 0.309. The first-order chi connectivity index (χ1) is 15.7. The molecule has 0 unspecified atom stereocenters. The fraction of sp³-hybridized carbons (Fsp3) is 0.208. The summed E-state index contributed by atoms with van der Waals surface area (Å²) in [5.74, 6) is 0.738. The lowest BCUT2D eigenvalue weighted by molar-refractivity contribution is 0.0982. The van der Waals surface area contributed by atoms with E-state index in [-0.39, 0.29) is 33.8 Å². The maximum Gasteiger partial charge on any atom is 0.233 e. The van der Waals surface area contributed by atoms with Crippen molar-refractivity contribution < 1.29 is 17.9 Å². The Morgan fingerprint density at radius 3 is 2.61 bits per heavy atom. The molecule has 0 bridgehead atoms. The Labute approximate surface area is 196 Å². The van der Waals surface area contributed by atoms with Gasteiger partial charge < -0.3 is 4.74 Å². The summed E-state index contributed by atoms with van der Waals surface area (Å²) in [5.41, 5.74) is 1.35. The molecule has 0 aliphatic rings. The minimum Gasteiger partial charge on any atom is -0.490 e. The van der Waals surface area contributed by atoms with Gasteiger partial charge in [-0.05, 0) is 56.2 Å². The lowest BCUT2D eigenvalue weighted by Gasteiger charge is -2.15. The molecule has 4 rings (SSSR count). The highest BCUT2D eigenvalue weighted by atomic mass is 35.5. The van der Waals surface area contributed by atoms with Crippen molar-refractivity contribution in [1.82, 2.24) is 14.4 Å². The van der Waals surface area contributed by atoms with Crippen LogP contribution in [-0.4, -0.2) is 34.7 Å². The number of fused-ring (bicyclic) bond motifs is 1. The Morgan fingerprint density at radius 2 is 1.88 bits per heavy atom. The van der Waals surface area contributed by atoms with Gasteiger partial charge in [0.05, 0.1) is 16.6 Å². The van der Waals surface area contributed by atoms with E-state index in [9.17, 15) is 13.2 Å². The normalized spacial score (nSPS) is 11.8. The Morgan fingerprint density at radius 1 is 1.12 bits per heavy atom. The highest BCUT2D eigenvalue weighted by molar-refractivity contribution is 7.91.